The Morgan fingerprint density at radius 2 is 2.09 bits per heavy atom. The van der Waals surface area contributed by atoms with E-state index in [4.69, 9.17) is 5.11 Å². The molecule has 0 unspecified atom stereocenters. The summed E-state index contributed by atoms with van der Waals surface area (Å²) in [5, 5.41) is 8.69. The lowest BCUT2D eigenvalue weighted by Crippen LogP contribution is -2.25. The fraction of sp³-hybridized carbons (Fsp3) is 0.875. The van der Waals surface area contributed by atoms with Crippen LogP contribution in [0.4, 0.5) is 0 Å². The van der Waals surface area contributed by atoms with Gasteiger partial charge in [0.05, 0.1) is 5.92 Å². The van der Waals surface area contributed by atoms with Crippen LogP contribution < -0.4 is 0 Å². The molecule has 0 aromatic carbocycles. The third-order valence-electron chi connectivity index (χ3n) is 2.48. The molecule has 0 heterocycles. The molecule has 1 saturated carbocycles. The van der Waals surface area contributed by atoms with Crippen LogP contribution in [-0.2, 0) is 4.79 Å². The van der Waals surface area contributed by atoms with Crippen LogP contribution in [0.3, 0.4) is 0 Å². The van der Waals surface area contributed by atoms with Crippen molar-refractivity contribution in [2.24, 2.45) is 5.92 Å². The standard InChI is InChI=1S/C8H15NO2/c1-9(2)7-4-3-6(5-7)8(10)11/h6-7H,3-5H2,1-2H3,(H,10,11)/t6-,7+/m1/s1. The molecule has 0 amide bonds. The summed E-state index contributed by atoms with van der Waals surface area (Å²) in [4.78, 5) is 12.7. The van der Waals surface area contributed by atoms with Gasteiger partial charge in [0, 0.05) is 6.04 Å². The van der Waals surface area contributed by atoms with Gasteiger partial charge in [0.15, 0.2) is 0 Å². The highest BCUT2D eigenvalue weighted by Crippen LogP contribution is 2.27. The number of nitrogens with zero attached hydrogens (tertiary/aromatic N) is 1. The van der Waals surface area contributed by atoms with Gasteiger partial charge in [-0.3, -0.25) is 4.79 Å². The second-order valence-corrected chi connectivity index (χ2v) is 3.47. The van der Waals surface area contributed by atoms with E-state index in [1.54, 1.807) is 0 Å². The van der Waals surface area contributed by atoms with Crippen molar-refractivity contribution >= 4 is 5.97 Å². The topological polar surface area (TPSA) is 40.5 Å². The van der Waals surface area contributed by atoms with Gasteiger partial charge in [-0.2, -0.15) is 0 Å². The van der Waals surface area contributed by atoms with Crippen molar-refractivity contribution in [2.45, 2.75) is 25.3 Å². The summed E-state index contributed by atoms with van der Waals surface area (Å²) in [7, 11) is 4.02. The fourth-order valence-corrected chi connectivity index (χ4v) is 1.65. The quantitative estimate of drug-likeness (QED) is 0.644. The van der Waals surface area contributed by atoms with Gasteiger partial charge >= 0.3 is 5.97 Å². The SMILES string of the molecule is CN(C)[C@H]1CC[C@@H](C(=O)O)C1. The first-order chi connectivity index (χ1) is 5.11. The molecule has 3 nitrogen and oxygen atoms in total. The predicted molar refractivity (Wildman–Crippen MR) is 42.5 cm³/mol. The first-order valence-corrected chi connectivity index (χ1v) is 4.00. The molecule has 0 aliphatic heterocycles. The van der Waals surface area contributed by atoms with Crippen molar-refractivity contribution in [3.63, 3.8) is 0 Å². The van der Waals surface area contributed by atoms with Crippen LogP contribution in [0.25, 0.3) is 0 Å². The molecule has 1 N–H and O–H groups in total. The molecule has 1 aliphatic rings. The minimum Gasteiger partial charge on any atom is -0.481 e. The summed E-state index contributed by atoms with van der Waals surface area (Å²) < 4.78 is 0. The van der Waals surface area contributed by atoms with Crippen LogP contribution in [0.1, 0.15) is 19.3 Å². The largest absolute Gasteiger partial charge is 0.481 e. The number of hydrogen-bond donors (Lipinski definition) is 1. The minimum atomic E-state index is -0.630. The highest BCUT2D eigenvalue weighted by Gasteiger charge is 2.30. The Morgan fingerprint density at radius 1 is 1.45 bits per heavy atom. The van der Waals surface area contributed by atoms with Crippen LogP contribution in [0.5, 0.6) is 0 Å². The van der Waals surface area contributed by atoms with E-state index in [1.807, 2.05) is 14.1 Å². The average Bonchev–Trinajstić information content (AvgIpc) is 2.33. The molecule has 2 atom stereocenters. The molecule has 0 aromatic heterocycles. The Kier molecular flexibility index (Phi) is 2.49. The normalized spacial score (nSPS) is 31.2. The maximum Gasteiger partial charge on any atom is 0.306 e. The highest BCUT2D eigenvalue weighted by atomic mass is 16.4. The number of carboxylic acid groups (broad SMARTS) is 1. The second-order valence-electron chi connectivity index (χ2n) is 3.47. The highest BCUT2D eigenvalue weighted by molar-refractivity contribution is 5.70. The zero-order valence-corrected chi connectivity index (χ0v) is 7.08. The van der Waals surface area contributed by atoms with E-state index in [2.05, 4.69) is 4.90 Å². The van der Waals surface area contributed by atoms with Gasteiger partial charge in [-0.05, 0) is 33.4 Å². The number of hydrogen-bond acceptors (Lipinski definition) is 2. The van der Waals surface area contributed by atoms with E-state index in [-0.39, 0.29) is 5.92 Å². The van der Waals surface area contributed by atoms with E-state index >= 15 is 0 Å². The van der Waals surface area contributed by atoms with Gasteiger partial charge in [-0.1, -0.05) is 0 Å². The van der Waals surface area contributed by atoms with Crippen molar-refractivity contribution in [3.8, 4) is 0 Å². The van der Waals surface area contributed by atoms with E-state index in [0.29, 0.717) is 6.04 Å². The van der Waals surface area contributed by atoms with E-state index in [9.17, 15) is 4.79 Å². The van der Waals surface area contributed by atoms with Crippen LogP contribution in [0, 0.1) is 5.92 Å². The maximum atomic E-state index is 10.6. The van der Waals surface area contributed by atoms with Gasteiger partial charge in [0.25, 0.3) is 0 Å². The van der Waals surface area contributed by atoms with Crippen LogP contribution in [0.15, 0.2) is 0 Å². The molecule has 64 valence electrons. The molecular formula is C8H15NO2. The Balaban J connectivity index is 2.41. The Labute approximate surface area is 67.0 Å². The van der Waals surface area contributed by atoms with Crippen molar-refractivity contribution in [1.29, 1.82) is 0 Å². The number of carboxylic acids is 1. The first kappa shape index (κ1) is 8.53. The van der Waals surface area contributed by atoms with Crippen LogP contribution >= 0.6 is 0 Å². The van der Waals surface area contributed by atoms with Crippen molar-refractivity contribution in [1.82, 2.24) is 4.90 Å². The van der Waals surface area contributed by atoms with Gasteiger partial charge < -0.3 is 10.0 Å². The maximum absolute atomic E-state index is 10.6. The molecule has 11 heavy (non-hydrogen) atoms. The Morgan fingerprint density at radius 3 is 2.36 bits per heavy atom. The van der Waals surface area contributed by atoms with E-state index in [1.165, 1.54) is 0 Å². The Bertz CT molecular complexity index is 156. The molecule has 0 bridgehead atoms. The summed E-state index contributed by atoms with van der Waals surface area (Å²) >= 11 is 0. The van der Waals surface area contributed by atoms with Gasteiger partial charge in [0.1, 0.15) is 0 Å². The zero-order chi connectivity index (χ0) is 8.43. The van der Waals surface area contributed by atoms with Crippen molar-refractivity contribution in [3.05, 3.63) is 0 Å². The molecule has 1 aliphatic carbocycles. The van der Waals surface area contributed by atoms with Gasteiger partial charge in [-0.15, -0.1) is 0 Å². The number of rotatable bonds is 2. The summed E-state index contributed by atoms with van der Waals surface area (Å²) in [6, 6.07) is 0.482. The lowest BCUT2D eigenvalue weighted by molar-refractivity contribution is -0.141. The Hall–Kier alpha value is -0.570. The van der Waals surface area contributed by atoms with E-state index < -0.39 is 5.97 Å². The average molecular weight is 157 g/mol. The van der Waals surface area contributed by atoms with Gasteiger partial charge in [-0.25, -0.2) is 0 Å². The van der Waals surface area contributed by atoms with E-state index in [0.717, 1.165) is 19.3 Å². The second kappa shape index (κ2) is 3.22. The molecule has 1 rings (SSSR count). The molecule has 3 heteroatoms. The number of aliphatic carboxylic acids is 1. The fourth-order valence-electron chi connectivity index (χ4n) is 1.65. The smallest absolute Gasteiger partial charge is 0.306 e. The molecular weight excluding hydrogens is 142 g/mol. The van der Waals surface area contributed by atoms with Crippen LogP contribution in [0.2, 0.25) is 0 Å². The lowest BCUT2D eigenvalue weighted by atomic mass is 10.1. The molecule has 0 aromatic rings. The third kappa shape index (κ3) is 1.93. The lowest BCUT2D eigenvalue weighted by Gasteiger charge is -2.17. The zero-order valence-electron chi connectivity index (χ0n) is 7.08. The van der Waals surface area contributed by atoms with Crippen molar-refractivity contribution in [2.75, 3.05) is 14.1 Å². The predicted octanol–water partition coefficient (Wildman–Crippen LogP) is 0.801. The summed E-state index contributed by atoms with van der Waals surface area (Å²) in [5.74, 6) is -0.725. The van der Waals surface area contributed by atoms with Gasteiger partial charge in [0.2, 0.25) is 0 Å². The van der Waals surface area contributed by atoms with Crippen LogP contribution in [-0.4, -0.2) is 36.1 Å². The molecule has 0 saturated heterocycles. The molecule has 1 fully saturated rings. The summed E-state index contributed by atoms with van der Waals surface area (Å²) in [6.45, 7) is 0. The summed E-state index contributed by atoms with van der Waals surface area (Å²) in [6.07, 6.45) is 2.70. The summed E-state index contributed by atoms with van der Waals surface area (Å²) in [5.41, 5.74) is 0. The molecule has 0 radical (unpaired) electrons. The third-order valence-corrected chi connectivity index (χ3v) is 2.48. The molecule has 0 spiro atoms. The van der Waals surface area contributed by atoms with Crippen molar-refractivity contribution < 1.29 is 9.90 Å². The first-order valence-electron chi connectivity index (χ1n) is 4.00. The monoisotopic (exact) mass is 157 g/mol. The minimum absolute atomic E-state index is 0.0950. The number of carbonyl (C=O) groups is 1.